The number of hydrogen-bond acceptors (Lipinski definition) is 4. The van der Waals surface area contributed by atoms with Crippen molar-refractivity contribution >= 4 is 38.8 Å². The highest BCUT2D eigenvalue weighted by Crippen LogP contribution is 2.45. The van der Waals surface area contributed by atoms with E-state index in [1.807, 2.05) is 24.3 Å². The van der Waals surface area contributed by atoms with E-state index in [1.165, 1.54) is 16.7 Å². The van der Waals surface area contributed by atoms with E-state index in [1.54, 1.807) is 0 Å². The summed E-state index contributed by atoms with van der Waals surface area (Å²) in [5.41, 5.74) is 8.79. The Labute approximate surface area is 273 Å². The Morgan fingerprint density at radius 1 is 0.511 bits per heavy atom. The van der Waals surface area contributed by atoms with Crippen molar-refractivity contribution in [2.45, 2.75) is 12.3 Å². The molecule has 224 valence electrons. The summed E-state index contributed by atoms with van der Waals surface area (Å²) in [7, 11) is 0. The molecule has 0 aliphatic carbocycles. The third kappa shape index (κ3) is 5.01. The lowest BCUT2D eigenvalue weighted by molar-refractivity contribution is 0.263. The van der Waals surface area contributed by atoms with Crippen molar-refractivity contribution < 1.29 is 4.74 Å². The van der Waals surface area contributed by atoms with Crippen molar-refractivity contribution in [3.05, 3.63) is 186 Å². The largest absolute Gasteiger partial charge is 0.464 e. The van der Waals surface area contributed by atoms with Crippen LogP contribution in [0.25, 0.3) is 38.4 Å². The summed E-state index contributed by atoms with van der Waals surface area (Å²) in [6, 6.07) is 55.3. The van der Waals surface area contributed by atoms with Crippen molar-refractivity contribution in [2.24, 2.45) is 4.99 Å². The van der Waals surface area contributed by atoms with Crippen LogP contribution in [0.2, 0.25) is 0 Å². The van der Waals surface area contributed by atoms with Crippen molar-refractivity contribution in [2.75, 3.05) is 5.32 Å². The van der Waals surface area contributed by atoms with Gasteiger partial charge in [-0.1, -0.05) is 140 Å². The number of ether oxygens (including phenoxy) is 1. The Morgan fingerprint density at radius 2 is 1.19 bits per heavy atom. The summed E-state index contributed by atoms with van der Waals surface area (Å²) in [6.07, 6.45) is 2.02. The molecule has 7 aromatic rings. The van der Waals surface area contributed by atoms with Crippen LogP contribution in [0.15, 0.2) is 169 Å². The lowest BCUT2D eigenvalue weighted by Gasteiger charge is -2.25. The Kier molecular flexibility index (Phi) is 6.57. The predicted octanol–water partition coefficient (Wildman–Crippen LogP) is 10.3. The van der Waals surface area contributed by atoms with Gasteiger partial charge >= 0.3 is 0 Å². The van der Waals surface area contributed by atoms with Gasteiger partial charge in [-0.25, -0.2) is 4.99 Å². The molecule has 2 atom stereocenters. The molecule has 0 fully saturated rings. The molecule has 4 nitrogen and oxygen atoms in total. The highest BCUT2D eigenvalue weighted by atomic mass is 16.5. The molecule has 0 radical (unpaired) electrons. The van der Waals surface area contributed by atoms with E-state index in [-0.39, 0.29) is 12.3 Å². The Balaban J connectivity index is 1.11. The fraction of sp³-hybridized carbons (Fsp3) is 0.0465. The number of rotatable bonds is 5. The second-order valence-electron chi connectivity index (χ2n) is 12.1. The van der Waals surface area contributed by atoms with E-state index < -0.39 is 0 Å². The first-order valence-electron chi connectivity index (χ1n) is 16.0. The molecule has 4 heteroatoms. The van der Waals surface area contributed by atoms with Crippen LogP contribution >= 0.6 is 0 Å². The molecular formula is C43H31N3O. The normalized spacial score (nSPS) is 16.9. The topological polar surface area (TPSA) is 45.6 Å². The maximum absolute atomic E-state index is 6.57. The predicted molar refractivity (Wildman–Crippen MR) is 194 cm³/mol. The van der Waals surface area contributed by atoms with E-state index >= 15 is 0 Å². The van der Waals surface area contributed by atoms with Gasteiger partial charge in [0.15, 0.2) is 12.0 Å². The smallest absolute Gasteiger partial charge is 0.196 e. The number of aliphatic imine (C=N–C) groups is 1. The number of anilines is 1. The van der Waals surface area contributed by atoms with E-state index in [0.29, 0.717) is 0 Å². The van der Waals surface area contributed by atoms with Crippen molar-refractivity contribution in [3.63, 3.8) is 0 Å². The van der Waals surface area contributed by atoms with Crippen LogP contribution in [-0.4, -0.2) is 5.84 Å². The minimum absolute atomic E-state index is 0.0497. The van der Waals surface area contributed by atoms with Gasteiger partial charge in [0.05, 0.1) is 17.4 Å². The molecule has 2 N–H and O–H groups in total. The van der Waals surface area contributed by atoms with E-state index in [0.717, 1.165) is 61.2 Å². The number of nitrogens with one attached hydrogen (secondary N) is 2. The number of benzene rings is 7. The van der Waals surface area contributed by atoms with Gasteiger partial charge in [0, 0.05) is 16.5 Å². The summed E-state index contributed by atoms with van der Waals surface area (Å²) in [4.78, 5) is 5.18. The fourth-order valence-electron chi connectivity index (χ4n) is 6.75. The monoisotopic (exact) mass is 605 g/mol. The first-order valence-corrected chi connectivity index (χ1v) is 16.0. The van der Waals surface area contributed by atoms with Crippen LogP contribution < -0.4 is 15.4 Å². The first-order chi connectivity index (χ1) is 23.3. The molecule has 0 saturated carbocycles. The number of hydrogen-bond donors (Lipinski definition) is 2. The SMILES string of the molecule is C1=C(c2ccccc2)N=C(c2ccc3c(ccc4ccc5c(c43)OC(c3ccccc3)N5)c2)NC1c1cccc(-c2ccccc2)c1. The van der Waals surface area contributed by atoms with Crippen LogP contribution in [-0.2, 0) is 0 Å². The average molecular weight is 606 g/mol. The van der Waals surface area contributed by atoms with E-state index in [9.17, 15) is 0 Å². The third-order valence-corrected chi connectivity index (χ3v) is 9.12. The van der Waals surface area contributed by atoms with Crippen LogP contribution in [0.1, 0.15) is 34.5 Å². The molecule has 0 spiro atoms. The molecular weight excluding hydrogens is 574 g/mol. The van der Waals surface area contributed by atoms with Crippen molar-refractivity contribution in [1.82, 2.24) is 5.32 Å². The molecule has 0 aromatic heterocycles. The van der Waals surface area contributed by atoms with Crippen LogP contribution in [0.3, 0.4) is 0 Å². The maximum atomic E-state index is 6.57. The third-order valence-electron chi connectivity index (χ3n) is 9.12. The van der Waals surface area contributed by atoms with Gasteiger partial charge in [-0.2, -0.15) is 0 Å². The zero-order chi connectivity index (χ0) is 31.2. The maximum Gasteiger partial charge on any atom is 0.196 e. The lowest BCUT2D eigenvalue weighted by Crippen LogP contribution is -2.31. The van der Waals surface area contributed by atoms with Crippen LogP contribution in [0.4, 0.5) is 5.69 Å². The molecule has 47 heavy (non-hydrogen) atoms. The fourth-order valence-corrected chi connectivity index (χ4v) is 6.75. The minimum Gasteiger partial charge on any atom is -0.464 e. The summed E-state index contributed by atoms with van der Waals surface area (Å²) < 4.78 is 6.57. The Bertz CT molecular complexity index is 2330. The molecule has 9 rings (SSSR count). The molecule has 2 aliphatic rings. The molecule has 0 amide bonds. The average Bonchev–Trinajstić information content (AvgIpc) is 3.60. The zero-order valence-corrected chi connectivity index (χ0v) is 25.6. The molecule has 7 aromatic carbocycles. The summed E-state index contributed by atoms with van der Waals surface area (Å²) in [6.45, 7) is 0. The standard InChI is InChI=1S/C43H31N3O/c1-4-11-28(12-5-1)32-17-10-18-34(25-32)39-27-38(29-13-6-2-7-14-29)44-42(45-39)35-21-23-36-33(26-35)20-19-30-22-24-37-41(40(30)36)47-43(46-37)31-15-8-3-9-16-31/h1-27,39,43,46H,(H,44,45). The minimum atomic E-state index is -0.215. The van der Waals surface area contributed by atoms with Crippen LogP contribution in [0, 0.1) is 0 Å². The Hall–Kier alpha value is -6.13. The molecule has 2 aliphatic heterocycles. The van der Waals surface area contributed by atoms with Crippen molar-refractivity contribution in [3.8, 4) is 16.9 Å². The summed E-state index contributed by atoms with van der Waals surface area (Å²) >= 11 is 0. The molecule has 0 bridgehead atoms. The summed E-state index contributed by atoms with van der Waals surface area (Å²) in [5.74, 6) is 1.75. The van der Waals surface area contributed by atoms with Crippen molar-refractivity contribution in [1.29, 1.82) is 0 Å². The van der Waals surface area contributed by atoms with Gasteiger partial charge in [-0.15, -0.1) is 0 Å². The number of nitrogens with zero attached hydrogens (tertiary/aromatic N) is 1. The van der Waals surface area contributed by atoms with Gasteiger partial charge in [0.2, 0.25) is 0 Å². The van der Waals surface area contributed by atoms with Gasteiger partial charge in [-0.3, -0.25) is 0 Å². The second kappa shape index (κ2) is 11.3. The van der Waals surface area contributed by atoms with Gasteiger partial charge in [0.25, 0.3) is 0 Å². The van der Waals surface area contributed by atoms with E-state index in [4.69, 9.17) is 9.73 Å². The summed E-state index contributed by atoms with van der Waals surface area (Å²) in [5, 5.41) is 11.9. The number of amidine groups is 1. The second-order valence-corrected chi connectivity index (χ2v) is 12.1. The highest BCUT2D eigenvalue weighted by Gasteiger charge is 2.26. The first kappa shape index (κ1) is 27.2. The highest BCUT2D eigenvalue weighted by molar-refractivity contribution is 6.15. The zero-order valence-electron chi connectivity index (χ0n) is 25.6. The molecule has 0 saturated heterocycles. The number of fused-ring (bicyclic) bond motifs is 5. The van der Waals surface area contributed by atoms with E-state index in [2.05, 4.69) is 150 Å². The molecule has 2 unspecified atom stereocenters. The lowest BCUT2D eigenvalue weighted by atomic mass is 9.95. The van der Waals surface area contributed by atoms with Gasteiger partial charge < -0.3 is 15.4 Å². The van der Waals surface area contributed by atoms with Gasteiger partial charge in [0.1, 0.15) is 5.84 Å². The molecule has 2 heterocycles. The van der Waals surface area contributed by atoms with Gasteiger partial charge in [-0.05, 0) is 62.7 Å². The Morgan fingerprint density at radius 3 is 2.00 bits per heavy atom. The van der Waals surface area contributed by atoms with Crippen LogP contribution in [0.5, 0.6) is 5.75 Å². The quantitative estimate of drug-likeness (QED) is 0.192.